The minimum atomic E-state index is -0.958. The summed E-state index contributed by atoms with van der Waals surface area (Å²) in [4.78, 5) is 23.3. The summed E-state index contributed by atoms with van der Waals surface area (Å²) in [5, 5.41) is 12.5. The molecule has 0 aliphatic heterocycles. The Morgan fingerprint density at radius 1 is 1.18 bits per heavy atom. The molecule has 0 amide bonds. The Morgan fingerprint density at radius 2 is 1.86 bits per heavy atom. The molecule has 0 saturated carbocycles. The fraction of sp³-hybridized carbons (Fsp3) is 0.312. The molecule has 2 aromatic rings. The lowest BCUT2D eigenvalue weighted by molar-refractivity contribution is -0.136. The van der Waals surface area contributed by atoms with E-state index in [1.54, 1.807) is 23.9 Å². The summed E-state index contributed by atoms with van der Waals surface area (Å²) in [7, 11) is 0. The number of Topliss-reactive ketones (excluding diaryl/α,β-unsaturated/α-hetero) is 1. The first-order chi connectivity index (χ1) is 10.5. The summed E-state index contributed by atoms with van der Waals surface area (Å²) < 4.78 is 5.12. The highest BCUT2D eigenvalue weighted by atomic mass is 32.2. The molecule has 22 heavy (non-hydrogen) atoms. The van der Waals surface area contributed by atoms with Crippen LogP contribution in [-0.4, -0.2) is 22.0 Å². The molecule has 0 aliphatic carbocycles. The van der Waals surface area contributed by atoms with Crippen LogP contribution in [0.15, 0.2) is 33.7 Å². The van der Waals surface area contributed by atoms with Crippen LogP contribution in [0.25, 0.3) is 0 Å². The van der Waals surface area contributed by atoms with Crippen molar-refractivity contribution < 1.29 is 19.2 Å². The summed E-state index contributed by atoms with van der Waals surface area (Å²) in [5.74, 6) is 0.475. The van der Waals surface area contributed by atoms with Crippen molar-refractivity contribution in [2.45, 2.75) is 37.3 Å². The van der Waals surface area contributed by atoms with Crippen molar-refractivity contribution in [2.24, 2.45) is 0 Å². The second-order valence-electron chi connectivity index (χ2n) is 4.93. The molecule has 0 spiro atoms. The number of nitrogens with zero attached hydrogens (tertiary/aromatic N) is 1. The van der Waals surface area contributed by atoms with Crippen LogP contribution in [-0.2, 0) is 10.5 Å². The molecule has 1 aromatic carbocycles. The number of ketones is 1. The van der Waals surface area contributed by atoms with Crippen molar-refractivity contribution in [1.29, 1.82) is 0 Å². The van der Waals surface area contributed by atoms with Gasteiger partial charge in [-0.2, -0.15) is 0 Å². The summed E-state index contributed by atoms with van der Waals surface area (Å²) in [6, 6.07) is 7.22. The van der Waals surface area contributed by atoms with E-state index in [1.807, 2.05) is 26.0 Å². The van der Waals surface area contributed by atoms with E-state index in [4.69, 9.17) is 9.63 Å². The molecule has 6 heteroatoms. The number of carbonyl (C=O) groups is 2. The number of aliphatic carboxylic acids is 1. The zero-order valence-electron chi connectivity index (χ0n) is 12.5. The first-order valence-electron chi connectivity index (χ1n) is 6.87. The van der Waals surface area contributed by atoms with Crippen LogP contribution in [0.2, 0.25) is 0 Å². The van der Waals surface area contributed by atoms with Crippen LogP contribution < -0.4 is 0 Å². The van der Waals surface area contributed by atoms with Crippen molar-refractivity contribution in [3.63, 3.8) is 0 Å². The van der Waals surface area contributed by atoms with Crippen LogP contribution in [0.5, 0.6) is 0 Å². The molecular weight excluding hydrogens is 302 g/mol. The molecule has 1 N–H and O–H groups in total. The maximum absolute atomic E-state index is 11.8. The normalized spacial score (nSPS) is 10.6. The first-order valence-corrected chi connectivity index (χ1v) is 7.85. The van der Waals surface area contributed by atoms with E-state index >= 15 is 0 Å². The number of aryl methyl sites for hydroxylation is 2. The molecule has 1 aromatic heterocycles. The van der Waals surface area contributed by atoms with Gasteiger partial charge in [0.05, 0.1) is 12.1 Å². The predicted molar refractivity (Wildman–Crippen MR) is 83.2 cm³/mol. The van der Waals surface area contributed by atoms with Gasteiger partial charge in [0.15, 0.2) is 5.78 Å². The number of carboxylic acid groups (broad SMARTS) is 1. The zero-order valence-corrected chi connectivity index (χ0v) is 13.3. The standard InChI is InChI=1S/C16H17NO4S/c1-10-14(11(2)21-17-10)9-22-13-5-3-12(4-6-13)15(18)7-8-16(19)20/h3-6H,7-9H2,1-2H3,(H,19,20). The van der Waals surface area contributed by atoms with E-state index in [0.29, 0.717) is 5.56 Å². The lowest BCUT2D eigenvalue weighted by Gasteiger charge is -2.03. The van der Waals surface area contributed by atoms with Crippen LogP contribution in [0.4, 0.5) is 0 Å². The van der Waals surface area contributed by atoms with Gasteiger partial charge < -0.3 is 9.63 Å². The van der Waals surface area contributed by atoms with Crippen LogP contribution in [0, 0.1) is 13.8 Å². The van der Waals surface area contributed by atoms with E-state index in [9.17, 15) is 9.59 Å². The van der Waals surface area contributed by atoms with Gasteiger partial charge in [-0.25, -0.2) is 0 Å². The highest BCUT2D eigenvalue weighted by Gasteiger charge is 2.11. The van der Waals surface area contributed by atoms with Gasteiger partial charge in [-0.05, 0) is 26.0 Å². The van der Waals surface area contributed by atoms with Gasteiger partial charge in [0.25, 0.3) is 0 Å². The molecule has 0 saturated heterocycles. The van der Waals surface area contributed by atoms with E-state index in [1.165, 1.54) is 0 Å². The summed E-state index contributed by atoms with van der Waals surface area (Å²) in [6.07, 6.45) is -0.109. The monoisotopic (exact) mass is 319 g/mol. The van der Waals surface area contributed by atoms with Crippen molar-refractivity contribution in [3.05, 3.63) is 46.8 Å². The Balaban J connectivity index is 1.94. The van der Waals surface area contributed by atoms with Gasteiger partial charge >= 0.3 is 5.97 Å². The third-order valence-electron chi connectivity index (χ3n) is 3.31. The molecule has 0 bridgehead atoms. The number of hydrogen-bond acceptors (Lipinski definition) is 5. The van der Waals surface area contributed by atoms with Crippen molar-refractivity contribution in [1.82, 2.24) is 5.16 Å². The van der Waals surface area contributed by atoms with Gasteiger partial charge in [-0.15, -0.1) is 11.8 Å². The van der Waals surface area contributed by atoms with Crippen molar-refractivity contribution in [3.8, 4) is 0 Å². The van der Waals surface area contributed by atoms with Gasteiger partial charge in [-0.3, -0.25) is 9.59 Å². The van der Waals surface area contributed by atoms with Gasteiger partial charge in [0.1, 0.15) is 5.76 Å². The zero-order chi connectivity index (χ0) is 16.1. The number of thioether (sulfide) groups is 1. The number of carbonyl (C=O) groups excluding carboxylic acids is 1. The lowest BCUT2D eigenvalue weighted by Crippen LogP contribution is -2.03. The third-order valence-corrected chi connectivity index (χ3v) is 4.35. The Morgan fingerprint density at radius 3 is 2.41 bits per heavy atom. The minimum Gasteiger partial charge on any atom is -0.481 e. The van der Waals surface area contributed by atoms with Crippen LogP contribution in [0.3, 0.4) is 0 Å². The average Bonchev–Trinajstić information content (AvgIpc) is 2.82. The number of hydrogen-bond donors (Lipinski definition) is 1. The molecule has 0 fully saturated rings. The highest BCUT2D eigenvalue weighted by Crippen LogP contribution is 2.26. The molecule has 116 valence electrons. The number of rotatable bonds is 7. The van der Waals surface area contributed by atoms with E-state index in [-0.39, 0.29) is 18.6 Å². The SMILES string of the molecule is Cc1noc(C)c1CSc1ccc(C(=O)CCC(=O)O)cc1. The summed E-state index contributed by atoms with van der Waals surface area (Å²) in [5.41, 5.74) is 2.53. The Bertz CT molecular complexity index is 656. The molecule has 0 aliphatic rings. The van der Waals surface area contributed by atoms with Crippen LogP contribution >= 0.6 is 11.8 Å². The quantitative estimate of drug-likeness (QED) is 0.620. The smallest absolute Gasteiger partial charge is 0.303 e. The second kappa shape index (κ2) is 7.26. The van der Waals surface area contributed by atoms with Gasteiger partial charge in [-0.1, -0.05) is 17.3 Å². The fourth-order valence-electron chi connectivity index (χ4n) is 1.97. The number of benzene rings is 1. The molecule has 2 rings (SSSR count). The second-order valence-corrected chi connectivity index (χ2v) is 5.98. The maximum Gasteiger partial charge on any atom is 0.303 e. The average molecular weight is 319 g/mol. The van der Waals surface area contributed by atoms with Gasteiger partial charge in [0.2, 0.25) is 0 Å². The van der Waals surface area contributed by atoms with Gasteiger partial charge in [0, 0.05) is 28.2 Å². The first kappa shape index (κ1) is 16.3. The Kier molecular flexibility index (Phi) is 5.38. The predicted octanol–water partition coefficient (Wildman–Crippen LogP) is 3.63. The third kappa shape index (κ3) is 4.21. The molecule has 0 unspecified atom stereocenters. The van der Waals surface area contributed by atoms with E-state index in [0.717, 1.165) is 27.7 Å². The molecular formula is C16H17NO4S. The fourth-order valence-corrected chi connectivity index (χ4v) is 3.02. The maximum atomic E-state index is 11.8. The Hall–Kier alpha value is -2.08. The summed E-state index contributed by atoms with van der Waals surface area (Å²) >= 11 is 1.64. The summed E-state index contributed by atoms with van der Waals surface area (Å²) in [6.45, 7) is 3.80. The molecule has 1 heterocycles. The van der Waals surface area contributed by atoms with Crippen LogP contribution in [0.1, 0.15) is 40.2 Å². The minimum absolute atomic E-state index is 0.0287. The van der Waals surface area contributed by atoms with Crippen molar-refractivity contribution in [2.75, 3.05) is 0 Å². The van der Waals surface area contributed by atoms with E-state index in [2.05, 4.69) is 5.16 Å². The number of carboxylic acids is 1. The Labute approximate surface area is 132 Å². The number of aromatic nitrogens is 1. The van der Waals surface area contributed by atoms with Crippen molar-refractivity contribution >= 4 is 23.5 Å². The highest BCUT2D eigenvalue weighted by molar-refractivity contribution is 7.98. The molecule has 0 atom stereocenters. The van der Waals surface area contributed by atoms with E-state index < -0.39 is 5.97 Å². The lowest BCUT2D eigenvalue weighted by atomic mass is 10.1. The molecule has 0 radical (unpaired) electrons. The molecule has 5 nitrogen and oxygen atoms in total. The largest absolute Gasteiger partial charge is 0.481 e. The topological polar surface area (TPSA) is 80.4 Å².